The van der Waals surface area contributed by atoms with Crippen molar-refractivity contribution in [1.82, 2.24) is 20.1 Å². The highest BCUT2D eigenvalue weighted by molar-refractivity contribution is 7.99. The lowest BCUT2D eigenvalue weighted by Crippen LogP contribution is -2.28. The average Bonchev–Trinajstić information content (AvgIpc) is 3.16. The number of alkyl halides is 3. The zero-order chi connectivity index (χ0) is 21.6. The minimum atomic E-state index is -4.48. The van der Waals surface area contributed by atoms with Gasteiger partial charge in [-0.3, -0.25) is 9.36 Å². The summed E-state index contributed by atoms with van der Waals surface area (Å²) in [5, 5.41) is 11.3. The van der Waals surface area contributed by atoms with E-state index in [-0.39, 0.29) is 17.3 Å². The van der Waals surface area contributed by atoms with E-state index in [1.165, 1.54) is 17.7 Å². The van der Waals surface area contributed by atoms with Crippen LogP contribution in [0.25, 0.3) is 17.1 Å². The summed E-state index contributed by atoms with van der Waals surface area (Å²) in [6, 6.07) is 13.9. The molecule has 0 saturated heterocycles. The van der Waals surface area contributed by atoms with Gasteiger partial charge in [0.05, 0.1) is 23.6 Å². The second kappa shape index (κ2) is 9.77. The highest BCUT2D eigenvalue weighted by Crippen LogP contribution is 2.33. The molecule has 10 heteroatoms. The maximum Gasteiger partial charge on any atom is 0.416 e. The smallest absolute Gasteiger partial charge is 0.383 e. The normalized spacial score (nSPS) is 11.5. The predicted molar refractivity (Wildman–Crippen MR) is 107 cm³/mol. The van der Waals surface area contributed by atoms with Crippen LogP contribution in [0.15, 0.2) is 59.8 Å². The number of methoxy groups -OCH3 is 1. The maximum absolute atomic E-state index is 13.2. The first-order chi connectivity index (χ1) is 14.4. The predicted octanol–water partition coefficient (Wildman–Crippen LogP) is 3.81. The van der Waals surface area contributed by atoms with Crippen LogP contribution >= 0.6 is 11.8 Å². The van der Waals surface area contributed by atoms with Gasteiger partial charge in [0, 0.05) is 19.2 Å². The zero-order valence-electron chi connectivity index (χ0n) is 16.0. The minimum Gasteiger partial charge on any atom is -0.383 e. The van der Waals surface area contributed by atoms with Gasteiger partial charge in [-0.2, -0.15) is 13.2 Å². The number of ether oxygens (including phenoxy) is 1. The molecule has 6 nitrogen and oxygen atoms in total. The molecule has 0 saturated carbocycles. The van der Waals surface area contributed by atoms with E-state index >= 15 is 0 Å². The number of hydrogen-bond donors (Lipinski definition) is 1. The van der Waals surface area contributed by atoms with Crippen molar-refractivity contribution in [3.05, 3.63) is 60.2 Å². The Morgan fingerprint density at radius 2 is 1.90 bits per heavy atom. The Morgan fingerprint density at radius 1 is 1.13 bits per heavy atom. The molecule has 1 heterocycles. The lowest BCUT2D eigenvalue weighted by atomic mass is 10.1. The summed E-state index contributed by atoms with van der Waals surface area (Å²) in [6.45, 7) is 0.750. The number of halogens is 3. The van der Waals surface area contributed by atoms with Crippen LogP contribution in [0.2, 0.25) is 0 Å². The van der Waals surface area contributed by atoms with Gasteiger partial charge in [0.15, 0.2) is 11.0 Å². The van der Waals surface area contributed by atoms with Crippen LogP contribution in [0.3, 0.4) is 0 Å². The summed E-state index contributed by atoms with van der Waals surface area (Å²) in [6.07, 6.45) is -4.48. The van der Waals surface area contributed by atoms with E-state index < -0.39 is 11.7 Å². The largest absolute Gasteiger partial charge is 0.416 e. The second-order valence-corrected chi connectivity index (χ2v) is 7.13. The van der Waals surface area contributed by atoms with Crippen molar-refractivity contribution >= 4 is 17.7 Å². The fourth-order valence-electron chi connectivity index (χ4n) is 2.67. The van der Waals surface area contributed by atoms with Crippen molar-refractivity contribution < 1.29 is 22.7 Å². The van der Waals surface area contributed by atoms with Crippen molar-refractivity contribution in [2.45, 2.75) is 11.3 Å². The van der Waals surface area contributed by atoms with Crippen LogP contribution < -0.4 is 5.32 Å². The summed E-state index contributed by atoms with van der Waals surface area (Å²) in [5.74, 6) is 0.185. The topological polar surface area (TPSA) is 69.0 Å². The van der Waals surface area contributed by atoms with Gasteiger partial charge < -0.3 is 10.1 Å². The van der Waals surface area contributed by atoms with Gasteiger partial charge >= 0.3 is 6.18 Å². The molecule has 2 aromatic carbocycles. The lowest BCUT2D eigenvalue weighted by Gasteiger charge is -2.13. The molecular weight excluding hydrogens is 417 g/mol. The Bertz CT molecular complexity index is 993. The summed E-state index contributed by atoms with van der Waals surface area (Å²) < 4.78 is 46.1. The van der Waals surface area contributed by atoms with E-state index in [0.29, 0.717) is 29.7 Å². The summed E-state index contributed by atoms with van der Waals surface area (Å²) in [4.78, 5) is 12.0. The monoisotopic (exact) mass is 436 g/mol. The number of benzene rings is 2. The van der Waals surface area contributed by atoms with E-state index in [1.54, 1.807) is 30.3 Å². The molecule has 3 rings (SSSR count). The SMILES string of the molecule is COCCNC(=O)CSc1nnc(-c2ccccc2)n1-c1cccc(C(F)(F)F)c1. The van der Waals surface area contributed by atoms with Gasteiger partial charge in [-0.05, 0) is 18.2 Å². The number of rotatable bonds is 8. The van der Waals surface area contributed by atoms with Crippen LogP contribution in [-0.2, 0) is 15.7 Å². The second-order valence-electron chi connectivity index (χ2n) is 6.19. The Labute approximate surface area is 175 Å². The van der Waals surface area contributed by atoms with Crippen molar-refractivity contribution in [3.63, 3.8) is 0 Å². The maximum atomic E-state index is 13.2. The van der Waals surface area contributed by atoms with Crippen molar-refractivity contribution in [1.29, 1.82) is 0 Å². The Balaban J connectivity index is 1.95. The van der Waals surface area contributed by atoms with Crippen LogP contribution in [0.1, 0.15) is 5.56 Å². The fraction of sp³-hybridized carbons (Fsp3) is 0.250. The van der Waals surface area contributed by atoms with E-state index in [2.05, 4.69) is 15.5 Å². The van der Waals surface area contributed by atoms with Gasteiger partial charge in [-0.15, -0.1) is 10.2 Å². The zero-order valence-corrected chi connectivity index (χ0v) is 16.8. The molecule has 0 bridgehead atoms. The lowest BCUT2D eigenvalue weighted by molar-refractivity contribution is -0.137. The number of thioether (sulfide) groups is 1. The van der Waals surface area contributed by atoms with Crippen LogP contribution in [0.4, 0.5) is 13.2 Å². The van der Waals surface area contributed by atoms with Crippen molar-refractivity contribution in [2.24, 2.45) is 0 Å². The molecule has 0 radical (unpaired) electrons. The third-order valence-corrected chi connectivity index (χ3v) is 4.99. The van der Waals surface area contributed by atoms with Gasteiger partial charge in [-0.25, -0.2) is 0 Å². The molecule has 0 unspecified atom stereocenters. The van der Waals surface area contributed by atoms with E-state index in [0.717, 1.165) is 23.9 Å². The highest BCUT2D eigenvalue weighted by atomic mass is 32.2. The summed E-state index contributed by atoms with van der Waals surface area (Å²) in [5.41, 5.74) is 0.177. The standard InChI is InChI=1S/C20H19F3N4O2S/c1-29-11-10-24-17(28)13-30-19-26-25-18(14-6-3-2-4-7-14)27(19)16-9-5-8-15(12-16)20(21,22)23/h2-9,12H,10-11,13H2,1H3,(H,24,28). The molecule has 0 aliphatic heterocycles. The van der Waals surface area contributed by atoms with E-state index in [4.69, 9.17) is 4.74 Å². The Morgan fingerprint density at radius 3 is 2.60 bits per heavy atom. The first-order valence-electron chi connectivity index (χ1n) is 8.97. The molecule has 0 fully saturated rings. The van der Waals surface area contributed by atoms with Gasteiger partial charge in [-0.1, -0.05) is 48.2 Å². The summed E-state index contributed by atoms with van der Waals surface area (Å²) >= 11 is 1.09. The molecule has 0 atom stereocenters. The van der Waals surface area contributed by atoms with Crippen LogP contribution in [0, 0.1) is 0 Å². The molecule has 158 valence electrons. The fourth-order valence-corrected chi connectivity index (χ4v) is 3.45. The third kappa shape index (κ3) is 5.39. The molecule has 1 N–H and O–H groups in total. The first-order valence-corrected chi connectivity index (χ1v) is 9.95. The highest BCUT2D eigenvalue weighted by Gasteiger charge is 2.31. The molecule has 3 aromatic rings. The molecule has 30 heavy (non-hydrogen) atoms. The van der Waals surface area contributed by atoms with Gasteiger partial charge in [0.25, 0.3) is 0 Å². The molecule has 1 aromatic heterocycles. The number of carbonyl (C=O) groups is 1. The van der Waals surface area contributed by atoms with E-state index in [1.807, 2.05) is 6.07 Å². The van der Waals surface area contributed by atoms with Crippen LogP contribution in [-0.4, -0.2) is 46.7 Å². The summed E-state index contributed by atoms with van der Waals surface area (Å²) in [7, 11) is 1.53. The number of carbonyl (C=O) groups excluding carboxylic acids is 1. The number of nitrogens with zero attached hydrogens (tertiary/aromatic N) is 3. The van der Waals surface area contributed by atoms with Gasteiger partial charge in [0.1, 0.15) is 0 Å². The van der Waals surface area contributed by atoms with Crippen molar-refractivity contribution in [3.8, 4) is 17.1 Å². The van der Waals surface area contributed by atoms with E-state index in [9.17, 15) is 18.0 Å². The van der Waals surface area contributed by atoms with Crippen molar-refractivity contribution in [2.75, 3.05) is 26.0 Å². The van der Waals surface area contributed by atoms with Gasteiger partial charge in [0.2, 0.25) is 5.91 Å². The Kier molecular flexibility index (Phi) is 7.11. The molecule has 0 aliphatic rings. The molecule has 1 amide bonds. The first kappa shape index (κ1) is 21.8. The number of nitrogens with one attached hydrogen (secondary N) is 1. The quantitative estimate of drug-likeness (QED) is 0.430. The third-order valence-electron chi connectivity index (χ3n) is 4.06. The Hall–Kier alpha value is -2.85. The number of hydrogen-bond acceptors (Lipinski definition) is 5. The number of aromatic nitrogens is 3. The molecule has 0 spiro atoms. The molecular formula is C20H19F3N4O2S. The molecule has 0 aliphatic carbocycles. The average molecular weight is 436 g/mol. The number of amides is 1. The van der Waals surface area contributed by atoms with Crippen LogP contribution in [0.5, 0.6) is 0 Å². The minimum absolute atomic E-state index is 0.0373.